The first-order valence-electron chi connectivity index (χ1n) is 3.79. The molecule has 1 heterocycles. The summed E-state index contributed by atoms with van der Waals surface area (Å²) in [6.45, 7) is 0. The lowest BCUT2D eigenvalue weighted by atomic mass is 10.2. The summed E-state index contributed by atoms with van der Waals surface area (Å²) in [6.07, 6.45) is 1.24. The normalized spacial score (nSPS) is 10.7. The Bertz CT molecular complexity index is 521. The van der Waals surface area contributed by atoms with Crippen LogP contribution in [0.3, 0.4) is 0 Å². The zero-order valence-corrected chi connectivity index (χ0v) is 7.60. The maximum Gasteiger partial charge on any atom is 0.337 e. The molecule has 0 amide bonds. The zero-order chi connectivity index (χ0) is 10.3. The minimum Gasteiger partial charge on any atom is -0.478 e. The molecule has 0 aliphatic heterocycles. The lowest BCUT2D eigenvalue weighted by Gasteiger charge is -1.95. The molecule has 0 saturated carbocycles. The fourth-order valence-electron chi connectivity index (χ4n) is 1.33. The number of benzene rings is 1. The predicted octanol–water partition coefficient (Wildman–Crippen LogP) is 2.66. The second-order valence-electron chi connectivity index (χ2n) is 2.82. The van der Waals surface area contributed by atoms with E-state index in [4.69, 9.17) is 16.7 Å². The van der Waals surface area contributed by atoms with Crippen molar-refractivity contribution in [1.29, 1.82) is 0 Å². The molecule has 0 spiro atoms. The van der Waals surface area contributed by atoms with Crippen molar-refractivity contribution in [3.05, 3.63) is 34.7 Å². The summed E-state index contributed by atoms with van der Waals surface area (Å²) in [5.74, 6) is -1.67. The smallest absolute Gasteiger partial charge is 0.337 e. The monoisotopic (exact) mass is 213 g/mol. The number of halogens is 2. The lowest BCUT2D eigenvalue weighted by molar-refractivity contribution is 0.0699. The van der Waals surface area contributed by atoms with Gasteiger partial charge in [-0.1, -0.05) is 11.6 Å². The van der Waals surface area contributed by atoms with Gasteiger partial charge in [-0.25, -0.2) is 9.18 Å². The number of H-pyrrole nitrogens is 1. The molecular weight excluding hydrogens is 209 g/mol. The Hall–Kier alpha value is -1.55. The molecule has 0 saturated heterocycles. The summed E-state index contributed by atoms with van der Waals surface area (Å²) in [7, 11) is 0. The first kappa shape index (κ1) is 9.02. The number of aromatic carboxylic acids is 1. The Morgan fingerprint density at radius 1 is 1.50 bits per heavy atom. The van der Waals surface area contributed by atoms with Crippen molar-refractivity contribution >= 4 is 28.5 Å². The molecule has 0 aliphatic carbocycles. The number of carboxylic acid groups (broad SMARTS) is 1. The third-order valence-electron chi connectivity index (χ3n) is 1.94. The van der Waals surface area contributed by atoms with Gasteiger partial charge in [-0.05, 0) is 12.1 Å². The van der Waals surface area contributed by atoms with Crippen molar-refractivity contribution in [2.75, 3.05) is 0 Å². The van der Waals surface area contributed by atoms with Gasteiger partial charge in [0.2, 0.25) is 0 Å². The number of carbonyl (C=O) groups is 1. The van der Waals surface area contributed by atoms with E-state index < -0.39 is 11.8 Å². The first-order valence-corrected chi connectivity index (χ1v) is 4.17. The number of carboxylic acids is 1. The van der Waals surface area contributed by atoms with Crippen molar-refractivity contribution in [2.24, 2.45) is 0 Å². The number of rotatable bonds is 1. The fourth-order valence-corrected chi connectivity index (χ4v) is 1.54. The van der Waals surface area contributed by atoms with Crippen LogP contribution in [0.25, 0.3) is 10.9 Å². The van der Waals surface area contributed by atoms with E-state index in [0.29, 0.717) is 0 Å². The fraction of sp³-hybridized carbons (Fsp3) is 0. The number of aromatic nitrogens is 1. The molecule has 0 bridgehead atoms. The molecule has 0 fully saturated rings. The molecule has 2 rings (SSSR count). The van der Waals surface area contributed by atoms with E-state index in [0.717, 1.165) is 6.07 Å². The third-order valence-corrected chi connectivity index (χ3v) is 2.15. The van der Waals surface area contributed by atoms with E-state index in [1.807, 2.05) is 0 Å². The molecule has 14 heavy (non-hydrogen) atoms. The van der Waals surface area contributed by atoms with Crippen LogP contribution in [0.1, 0.15) is 10.4 Å². The molecule has 0 aliphatic rings. The molecule has 5 heteroatoms. The van der Waals surface area contributed by atoms with Gasteiger partial charge in [0.1, 0.15) is 5.82 Å². The molecule has 1 aromatic heterocycles. The highest BCUT2D eigenvalue weighted by atomic mass is 35.5. The van der Waals surface area contributed by atoms with Crippen LogP contribution in [-0.4, -0.2) is 16.1 Å². The molecule has 2 N–H and O–H groups in total. The average molecular weight is 214 g/mol. The highest BCUT2D eigenvalue weighted by molar-refractivity contribution is 6.31. The number of aromatic amines is 1. The molecular formula is C9H5ClFNO2. The van der Waals surface area contributed by atoms with Gasteiger partial charge >= 0.3 is 5.97 Å². The molecule has 2 aromatic rings. The summed E-state index contributed by atoms with van der Waals surface area (Å²) in [4.78, 5) is 13.3. The van der Waals surface area contributed by atoms with Gasteiger partial charge in [-0.3, -0.25) is 0 Å². The summed E-state index contributed by atoms with van der Waals surface area (Å²) in [6, 6.07) is 2.55. The van der Waals surface area contributed by atoms with Crippen LogP contribution in [0, 0.1) is 5.82 Å². The molecule has 72 valence electrons. The van der Waals surface area contributed by atoms with Crippen LogP contribution in [0.15, 0.2) is 18.3 Å². The number of fused-ring (bicyclic) bond motifs is 1. The van der Waals surface area contributed by atoms with Crippen molar-refractivity contribution in [1.82, 2.24) is 4.98 Å². The maximum absolute atomic E-state index is 13.2. The summed E-state index contributed by atoms with van der Waals surface area (Å²) < 4.78 is 13.2. The Morgan fingerprint density at radius 2 is 2.21 bits per heavy atom. The zero-order valence-electron chi connectivity index (χ0n) is 6.84. The van der Waals surface area contributed by atoms with Crippen LogP contribution in [0.2, 0.25) is 5.02 Å². The Morgan fingerprint density at radius 3 is 2.86 bits per heavy atom. The molecule has 3 nitrogen and oxygen atoms in total. The Labute approximate surface area is 83.1 Å². The van der Waals surface area contributed by atoms with Gasteiger partial charge in [-0.15, -0.1) is 0 Å². The topological polar surface area (TPSA) is 53.1 Å². The minimum absolute atomic E-state index is 0.0152. The molecule has 0 atom stereocenters. The van der Waals surface area contributed by atoms with E-state index in [-0.39, 0.29) is 21.5 Å². The van der Waals surface area contributed by atoms with Gasteiger partial charge in [0.05, 0.1) is 11.1 Å². The van der Waals surface area contributed by atoms with E-state index in [2.05, 4.69) is 4.98 Å². The first-order chi connectivity index (χ1) is 6.59. The van der Waals surface area contributed by atoms with Crippen LogP contribution in [-0.2, 0) is 0 Å². The number of nitrogens with one attached hydrogen (secondary N) is 1. The number of hydrogen-bond donors (Lipinski definition) is 2. The maximum atomic E-state index is 13.2. The van der Waals surface area contributed by atoms with Crippen molar-refractivity contribution < 1.29 is 14.3 Å². The van der Waals surface area contributed by atoms with Crippen molar-refractivity contribution in [3.63, 3.8) is 0 Å². The van der Waals surface area contributed by atoms with E-state index in [1.165, 1.54) is 12.3 Å². The minimum atomic E-state index is -1.11. The lowest BCUT2D eigenvalue weighted by Crippen LogP contribution is -1.93. The van der Waals surface area contributed by atoms with Gasteiger partial charge < -0.3 is 10.1 Å². The van der Waals surface area contributed by atoms with Crippen LogP contribution in [0.5, 0.6) is 0 Å². The predicted molar refractivity (Wildman–Crippen MR) is 50.2 cm³/mol. The second kappa shape index (κ2) is 2.99. The molecule has 0 radical (unpaired) electrons. The second-order valence-corrected chi connectivity index (χ2v) is 3.25. The van der Waals surface area contributed by atoms with E-state index in [9.17, 15) is 9.18 Å². The van der Waals surface area contributed by atoms with Gasteiger partial charge in [0.15, 0.2) is 0 Å². The van der Waals surface area contributed by atoms with Crippen molar-refractivity contribution in [3.8, 4) is 0 Å². The molecule has 0 unspecified atom stereocenters. The van der Waals surface area contributed by atoms with Crippen LogP contribution in [0.4, 0.5) is 4.39 Å². The van der Waals surface area contributed by atoms with Gasteiger partial charge in [-0.2, -0.15) is 0 Å². The van der Waals surface area contributed by atoms with Crippen LogP contribution >= 0.6 is 11.6 Å². The van der Waals surface area contributed by atoms with Gasteiger partial charge in [0, 0.05) is 16.6 Å². The number of hydrogen-bond acceptors (Lipinski definition) is 1. The van der Waals surface area contributed by atoms with Crippen LogP contribution < -0.4 is 0 Å². The van der Waals surface area contributed by atoms with E-state index in [1.54, 1.807) is 0 Å². The standard InChI is InChI=1S/C9H5ClFNO2/c10-4-1-5-6(9(13)14)3-12-8(5)7(11)2-4/h1-3,12H,(H,13,14). The Kier molecular flexibility index (Phi) is 1.93. The SMILES string of the molecule is O=C(O)c1c[nH]c2c(F)cc(Cl)cc12. The third kappa shape index (κ3) is 1.24. The summed E-state index contributed by atoms with van der Waals surface area (Å²) >= 11 is 5.61. The van der Waals surface area contributed by atoms with Crippen molar-refractivity contribution in [2.45, 2.75) is 0 Å². The quantitative estimate of drug-likeness (QED) is 0.765. The summed E-state index contributed by atoms with van der Waals surface area (Å²) in [5.41, 5.74) is 0.174. The summed E-state index contributed by atoms with van der Waals surface area (Å²) in [5, 5.41) is 9.23. The molecule has 1 aromatic carbocycles. The Balaban J connectivity index is 2.85. The average Bonchev–Trinajstić information content (AvgIpc) is 2.47. The highest BCUT2D eigenvalue weighted by Crippen LogP contribution is 2.25. The largest absolute Gasteiger partial charge is 0.478 e. The highest BCUT2D eigenvalue weighted by Gasteiger charge is 2.13. The van der Waals surface area contributed by atoms with E-state index >= 15 is 0 Å². The van der Waals surface area contributed by atoms with Gasteiger partial charge in [0.25, 0.3) is 0 Å².